The molecule has 0 amide bonds. The lowest BCUT2D eigenvalue weighted by molar-refractivity contribution is -0.222. The zero-order valence-electron chi connectivity index (χ0n) is 13.1. The molecule has 2 aromatic rings. The number of hydrogen-bond donors (Lipinski definition) is 0. The van der Waals surface area contributed by atoms with Gasteiger partial charge in [0.1, 0.15) is 5.57 Å². The first-order valence-corrected chi connectivity index (χ1v) is 8.01. The summed E-state index contributed by atoms with van der Waals surface area (Å²) in [5.41, 5.74) is 1.69. The fourth-order valence-corrected chi connectivity index (χ4v) is 3.18. The molecule has 0 unspecified atom stereocenters. The number of rotatable bonds is 2. The lowest BCUT2D eigenvalue weighted by Crippen LogP contribution is -2.41. The SMILES string of the molecule is Cc1ccc(-c2cccc(C=C3C(=O)OC(C)(C)OC3=O)c2)s1. The van der Waals surface area contributed by atoms with E-state index < -0.39 is 17.7 Å². The second-order valence-corrected chi connectivity index (χ2v) is 7.06. The van der Waals surface area contributed by atoms with E-state index in [0.29, 0.717) is 0 Å². The fourth-order valence-electron chi connectivity index (χ4n) is 2.32. The van der Waals surface area contributed by atoms with Crippen molar-refractivity contribution in [3.8, 4) is 10.4 Å². The summed E-state index contributed by atoms with van der Waals surface area (Å²) in [4.78, 5) is 26.4. The highest BCUT2D eigenvalue weighted by Gasteiger charge is 2.38. The number of carbonyl (C=O) groups is 2. The average molecular weight is 328 g/mol. The molecule has 2 heterocycles. The lowest BCUT2D eigenvalue weighted by Gasteiger charge is -2.29. The molecular formula is C18H16O4S. The van der Waals surface area contributed by atoms with Gasteiger partial charge in [-0.05, 0) is 42.3 Å². The smallest absolute Gasteiger partial charge is 0.348 e. The van der Waals surface area contributed by atoms with Crippen molar-refractivity contribution in [2.24, 2.45) is 0 Å². The van der Waals surface area contributed by atoms with Crippen LogP contribution in [0, 0.1) is 6.92 Å². The van der Waals surface area contributed by atoms with Gasteiger partial charge in [0, 0.05) is 23.6 Å². The molecular weight excluding hydrogens is 312 g/mol. The summed E-state index contributed by atoms with van der Waals surface area (Å²) in [5.74, 6) is -2.55. The van der Waals surface area contributed by atoms with E-state index in [9.17, 15) is 9.59 Å². The molecule has 1 aliphatic rings. The molecule has 118 valence electrons. The standard InChI is InChI=1S/C18H16O4S/c1-11-7-8-15(23-11)13-6-4-5-12(9-13)10-14-16(19)21-18(2,3)22-17(14)20/h4-10H,1-3H3. The number of benzene rings is 1. The van der Waals surface area contributed by atoms with Crippen molar-refractivity contribution in [1.29, 1.82) is 0 Å². The summed E-state index contributed by atoms with van der Waals surface area (Å²) < 4.78 is 10.2. The van der Waals surface area contributed by atoms with E-state index in [2.05, 4.69) is 19.1 Å². The predicted octanol–water partition coefficient (Wildman–Crippen LogP) is 3.94. The highest BCUT2D eigenvalue weighted by atomic mass is 32.1. The first-order chi connectivity index (χ1) is 10.8. The maximum Gasteiger partial charge on any atom is 0.348 e. The molecule has 4 nitrogen and oxygen atoms in total. The number of ether oxygens (including phenoxy) is 2. The molecule has 3 rings (SSSR count). The molecule has 0 atom stereocenters. The van der Waals surface area contributed by atoms with Crippen LogP contribution in [0.3, 0.4) is 0 Å². The number of carbonyl (C=O) groups excluding carboxylic acids is 2. The topological polar surface area (TPSA) is 52.6 Å². The van der Waals surface area contributed by atoms with Crippen molar-refractivity contribution >= 4 is 29.4 Å². The quantitative estimate of drug-likeness (QED) is 0.476. The Morgan fingerprint density at radius 3 is 2.35 bits per heavy atom. The van der Waals surface area contributed by atoms with Crippen LogP contribution in [0.4, 0.5) is 0 Å². The largest absolute Gasteiger partial charge is 0.419 e. The van der Waals surface area contributed by atoms with Crippen LogP contribution in [-0.2, 0) is 19.1 Å². The predicted molar refractivity (Wildman–Crippen MR) is 88.7 cm³/mol. The third kappa shape index (κ3) is 3.35. The number of esters is 2. The number of thiophene rings is 1. The zero-order chi connectivity index (χ0) is 16.6. The van der Waals surface area contributed by atoms with E-state index in [1.165, 1.54) is 24.8 Å². The Balaban J connectivity index is 1.94. The molecule has 23 heavy (non-hydrogen) atoms. The molecule has 0 N–H and O–H groups in total. The normalized spacial score (nSPS) is 16.7. The van der Waals surface area contributed by atoms with Gasteiger partial charge in [-0.25, -0.2) is 9.59 Å². The van der Waals surface area contributed by atoms with Gasteiger partial charge in [0.2, 0.25) is 0 Å². The van der Waals surface area contributed by atoms with E-state index in [-0.39, 0.29) is 5.57 Å². The van der Waals surface area contributed by atoms with Gasteiger partial charge in [0.25, 0.3) is 5.79 Å². The summed E-state index contributed by atoms with van der Waals surface area (Å²) in [5, 5.41) is 0. The molecule has 0 radical (unpaired) electrons. The Hall–Kier alpha value is -2.40. The molecule has 1 aliphatic heterocycles. The number of hydrogen-bond acceptors (Lipinski definition) is 5. The Morgan fingerprint density at radius 2 is 1.74 bits per heavy atom. The monoisotopic (exact) mass is 328 g/mol. The van der Waals surface area contributed by atoms with Crippen molar-refractivity contribution in [3.63, 3.8) is 0 Å². The van der Waals surface area contributed by atoms with Crippen molar-refractivity contribution in [3.05, 3.63) is 52.4 Å². The van der Waals surface area contributed by atoms with Crippen LogP contribution < -0.4 is 0 Å². The second-order valence-electron chi connectivity index (χ2n) is 5.77. The van der Waals surface area contributed by atoms with E-state index >= 15 is 0 Å². The maximum atomic E-state index is 12.0. The Labute approximate surface area is 138 Å². The molecule has 5 heteroatoms. The van der Waals surface area contributed by atoms with Crippen LogP contribution in [-0.4, -0.2) is 17.7 Å². The van der Waals surface area contributed by atoms with Crippen LogP contribution in [0.25, 0.3) is 16.5 Å². The van der Waals surface area contributed by atoms with Gasteiger partial charge in [-0.3, -0.25) is 0 Å². The van der Waals surface area contributed by atoms with Crippen LogP contribution in [0.2, 0.25) is 0 Å². The Bertz CT molecular complexity index is 792. The molecule has 1 aromatic carbocycles. The summed E-state index contributed by atoms with van der Waals surface area (Å²) in [7, 11) is 0. The maximum absolute atomic E-state index is 12.0. The van der Waals surface area contributed by atoms with E-state index in [0.717, 1.165) is 16.0 Å². The Kier molecular flexibility index (Phi) is 3.82. The van der Waals surface area contributed by atoms with E-state index in [1.54, 1.807) is 11.3 Å². The Morgan fingerprint density at radius 1 is 1.04 bits per heavy atom. The van der Waals surface area contributed by atoms with Gasteiger partial charge in [-0.15, -0.1) is 11.3 Å². The minimum atomic E-state index is -1.22. The first kappa shape index (κ1) is 15.5. The molecule has 0 spiro atoms. The fraction of sp³-hybridized carbons (Fsp3) is 0.222. The summed E-state index contributed by atoms with van der Waals surface area (Å²) in [6, 6.07) is 11.8. The summed E-state index contributed by atoms with van der Waals surface area (Å²) in [6.45, 7) is 5.11. The van der Waals surface area contributed by atoms with E-state index in [1.807, 2.05) is 24.3 Å². The van der Waals surface area contributed by atoms with Crippen LogP contribution in [0.1, 0.15) is 24.3 Å². The van der Waals surface area contributed by atoms with Gasteiger partial charge in [0.05, 0.1) is 0 Å². The summed E-state index contributed by atoms with van der Waals surface area (Å²) in [6.07, 6.45) is 1.50. The van der Waals surface area contributed by atoms with Gasteiger partial charge < -0.3 is 9.47 Å². The van der Waals surface area contributed by atoms with Crippen molar-refractivity contribution < 1.29 is 19.1 Å². The second kappa shape index (κ2) is 5.66. The lowest BCUT2D eigenvalue weighted by atomic mass is 10.1. The summed E-state index contributed by atoms with van der Waals surface area (Å²) >= 11 is 1.69. The molecule has 0 saturated carbocycles. The van der Waals surface area contributed by atoms with Crippen LogP contribution >= 0.6 is 11.3 Å². The minimum absolute atomic E-state index is 0.0937. The van der Waals surface area contributed by atoms with Crippen LogP contribution in [0.15, 0.2) is 42.0 Å². The molecule has 0 aliphatic carbocycles. The molecule has 1 saturated heterocycles. The third-order valence-electron chi connectivity index (χ3n) is 3.34. The number of cyclic esters (lactones) is 2. The van der Waals surface area contributed by atoms with Crippen molar-refractivity contribution in [1.82, 2.24) is 0 Å². The van der Waals surface area contributed by atoms with Gasteiger partial charge in [0.15, 0.2) is 0 Å². The highest BCUT2D eigenvalue weighted by Crippen LogP contribution is 2.29. The third-order valence-corrected chi connectivity index (χ3v) is 4.39. The van der Waals surface area contributed by atoms with Crippen LogP contribution in [0.5, 0.6) is 0 Å². The first-order valence-electron chi connectivity index (χ1n) is 7.19. The number of aryl methyl sites for hydroxylation is 1. The van der Waals surface area contributed by atoms with Crippen molar-refractivity contribution in [2.75, 3.05) is 0 Å². The minimum Gasteiger partial charge on any atom is -0.419 e. The van der Waals surface area contributed by atoms with Crippen molar-refractivity contribution in [2.45, 2.75) is 26.6 Å². The molecule has 1 aromatic heterocycles. The zero-order valence-corrected chi connectivity index (χ0v) is 13.9. The van der Waals surface area contributed by atoms with E-state index in [4.69, 9.17) is 9.47 Å². The molecule has 1 fully saturated rings. The molecule has 0 bridgehead atoms. The average Bonchev–Trinajstić information content (AvgIpc) is 2.89. The van der Waals surface area contributed by atoms with Gasteiger partial charge in [-0.1, -0.05) is 18.2 Å². The van der Waals surface area contributed by atoms with Gasteiger partial charge in [-0.2, -0.15) is 0 Å². The van der Waals surface area contributed by atoms with Gasteiger partial charge >= 0.3 is 11.9 Å². The highest BCUT2D eigenvalue weighted by molar-refractivity contribution is 7.15.